The molecule has 2 rings (SSSR count). The SMILES string of the molecule is CNc1nc(N)c([N+](=O)[O-])c(Nc2cccc(OC)c2)n1. The Morgan fingerprint density at radius 2 is 2.14 bits per heavy atom. The number of hydrogen-bond acceptors (Lipinski definition) is 8. The van der Waals surface area contributed by atoms with Gasteiger partial charge in [-0.3, -0.25) is 10.1 Å². The summed E-state index contributed by atoms with van der Waals surface area (Å²) in [6, 6.07) is 6.91. The zero-order valence-electron chi connectivity index (χ0n) is 11.5. The number of benzene rings is 1. The molecule has 9 nitrogen and oxygen atoms in total. The minimum atomic E-state index is -0.628. The van der Waals surface area contributed by atoms with Gasteiger partial charge < -0.3 is 21.1 Å². The van der Waals surface area contributed by atoms with Crippen molar-refractivity contribution in [2.24, 2.45) is 0 Å². The molecule has 1 heterocycles. The summed E-state index contributed by atoms with van der Waals surface area (Å²) in [6.45, 7) is 0. The summed E-state index contributed by atoms with van der Waals surface area (Å²) < 4.78 is 5.10. The molecule has 0 radical (unpaired) electrons. The molecule has 0 saturated heterocycles. The van der Waals surface area contributed by atoms with E-state index in [4.69, 9.17) is 10.5 Å². The molecule has 0 saturated carbocycles. The maximum absolute atomic E-state index is 11.1. The van der Waals surface area contributed by atoms with E-state index in [1.165, 1.54) is 7.11 Å². The zero-order valence-corrected chi connectivity index (χ0v) is 11.5. The number of rotatable bonds is 5. The molecule has 9 heteroatoms. The van der Waals surface area contributed by atoms with Crippen LogP contribution in [-0.2, 0) is 0 Å². The van der Waals surface area contributed by atoms with Crippen LogP contribution in [0.25, 0.3) is 0 Å². The number of nitrogen functional groups attached to an aromatic ring is 1. The second-order valence-electron chi connectivity index (χ2n) is 3.99. The van der Waals surface area contributed by atoms with Crippen LogP contribution in [-0.4, -0.2) is 29.0 Å². The highest BCUT2D eigenvalue weighted by Crippen LogP contribution is 2.31. The minimum Gasteiger partial charge on any atom is -0.497 e. The number of ether oxygens (including phenoxy) is 1. The molecule has 0 bridgehead atoms. The first-order valence-corrected chi connectivity index (χ1v) is 5.96. The Morgan fingerprint density at radius 3 is 2.76 bits per heavy atom. The zero-order chi connectivity index (χ0) is 15.4. The molecule has 0 aliphatic heterocycles. The van der Waals surface area contributed by atoms with Gasteiger partial charge in [0.2, 0.25) is 17.6 Å². The molecule has 0 spiro atoms. The molecule has 4 N–H and O–H groups in total. The summed E-state index contributed by atoms with van der Waals surface area (Å²) in [4.78, 5) is 18.3. The van der Waals surface area contributed by atoms with Crippen LogP contribution in [0.2, 0.25) is 0 Å². The maximum Gasteiger partial charge on any atom is 0.353 e. The standard InChI is InChI=1S/C12H14N6O3/c1-14-12-16-10(13)9(18(19)20)11(17-12)15-7-4-3-5-8(6-7)21-2/h3-6H,1-2H3,(H4,13,14,15,16,17). The Labute approximate surface area is 120 Å². The van der Waals surface area contributed by atoms with Crippen molar-refractivity contribution in [3.8, 4) is 5.75 Å². The lowest BCUT2D eigenvalue weighted by Crippen LogP contribution is -2.08. The third kappa shape index (κ3) is 3.08. The van der Waals surface area contributed by atoms with E-state index < -0.39 is 4.92 Å². The van der Waals surface area contributed by atoms with E-state index in [1.807, 2.05) is 0 Å². The van der Waals surface area contributed by atoms with E-state index in [0.29, 0.717) is 11.4 Å². The smallest absolute Gasteiger partial charge is 0.353 e. The van der Waals surface area contributed by atoms with Crippen LogP contribution >= 0.6 is 0 Å². The van der Waals surface area contributed by atoms with E-state index >= 15 is 0 Å². The van der Waals surface area contributed by atoms with Crippen molar-refractivity contribution in [1.82, 2.24) is 9.97 Å². The summed E-state index contributed by atoms with van der Waals surface area (Å²) in [7, 11) is 3.12. The Morgan fingerprint density at radius 1 is 1.38 bits per heavy atom. The van der Waals surface area contributed by atoms with Crippen molar-refractivity contribution in [3.05, 3.63) is 34.4 Å². The molecule has 110 valence electrons. The van der Waals surface area contributed by atoms with Crippen molar-refractivity contribution < 1.29 is 9.66 Å². The Kier molecular flexibility index (Phi) is 4.02. The van der Waals surface area contributed by atoms with Gasteiger partial charge in [0.25, 0.3) is 0 Å². The molecule has 0 aliphatic carbocycles. The van der Waals surface area contributed by atoms with Crippen LogP contribution in [0, 0.1) is 10.1 Å². The monoisotopic (exact) mass is 290 g/mol. The van der Waals surface area contributed by atoms with Crippen molar-refractivity contribution in [1.29, 1.82) is 0 Å². The maximum atomic E-state index is 11.1. The predicted octanol–water partition coefficient (Wildman–Crippen LogP) is 1.76. The van der Waals surface area contributed by atoms with Crippen molar-refractivity contribution in [3.63, 3.8) is 0 Å². The molecule has 1 aromatic heterocycles. The normalized spacial score (nSPS) is 10.0. The first kappa shape index (κ1) is 14.3. The molecular weight excluding hydrogens is 276 g/mol. The highest BCUT2D eigenvalue weighted by Gasteiger charge is 2.23. The molecular formula is C12H14N6O3. The lowest BCUT2D eigenvalue weighted by atomic mass is 10.3. The fourth-order valence-corrected chi connectivity index (χ4v) is 1.69. The second kappa shape index (κ2) is 5.90. The summed E-state index contributed by atoms with van der Waals surface area (Å²) in [5.74, 6) is 0.580. The third-order valence-corrected chi connectivity index (χ3v) is 2.65. The van der Waals surface area contributed by atoms with Crippen LogP contribution in [0.1, 0.15) is 0 Å². The number of nitrogens with one attached hydrogen (secondary N) is 2. The van der Waals surface area contributed by atoms with Gasteiger partial charge in [0.15, 0.2) is 0 Å². The minimum absolute atomic E-state index is 0.00473. The molecule has 1 aromatic carbocycles. The molecule has 0 atom stereocenters. The van der Waals surface area contributed by atoms with Gasteiger partial charge >= 0.3 is 5.69 Å². The first-order chi connectivity index (χ1) is 10.0. The number of hydrogen-bond donors (Lipinski definition) is 3. The van der Waals surface area contributed by atoms with Crippen LogP contribution in [0.4, 0.5) is 29.0 Å². The average molecular weight is 290 g/mol. The largest absolute Gasteiger partial charge is 0.497 e. The van der Waals surface area contributed by atoms with Crippen molar-refractivity contribution >= 4 is 29.0 Å². The fourth-order valence-electron chi connectivity index (χ4n) is 1.69. The van der Waals surface area contributed by atoms with Crippen LogP contribution in [0.5, 0.6) is 5.75 Å². The fraction of sp³-hybridized carbons (Fsp3) is 0.167. The second-order valence-corrected chi connectivity index (χ2v) is 3.99. The van der Waals surface area contributed by atoms with Gasteiger partial charge in [-0.15, -0.1) is 0 Å². The van der Waals surface area contributed by atoms with Gasteiger partial charge in [0.05, 0.1) is 12.0 Å². The lowest BCUT2D eigenvalue weighted by molar-refractivity contribution is -0.383. The molecule has 0 unspecified atom stereocenters. The number of anilines is 4. The first-order valence-electron chi connectivity index (χ1n) is 5.96. The van der Waals surface area contributed by atoms with Gasteiger partial charge in [-0.05, 0) is 12.1 Å². The molecule has 0 fully saturated rings. The van der Waals surface area contributed by atoms with E-state index in [2.05, 4.69) is 20.6 Å². The average Bonchev–Trinajstić information content (AvgIpc) is 2.46. The number of methoxy groups -OCH3 is 1. The summed E-state index contributed by atoms with van der Waals surface area (Å²) in [6.07, 6.45) is 0. The highest BCUT2D eigenvalue weighted by molar-refractivity contribution is 5.74. The quantitative estimate of drug-likeness (QED) is 0.561. The van der Waals surface area contributed by atoms with Crippen LogP contribution in [0.15, 0.2) is 24.3 Å². The van der Waals surface area contributed by atoms with E-state index in [1.54, 1.807) is 31.3 Å². The lowest BCUT2D eigenvalue weighted by Gasteiger charge is -2.10. The summed E-state index contributed by atoms with van der Waals surface area (Å²) in [5.41, 5.74) is 5.81. The predicted molar refractivity (Wildman–Crippen MR) is 78.9 cm³/mol. The van der Waals surface area contributed by atoms with Crippen molar-refractivity contribution in [2.45, 2.75) is 0 Å². The summed E-state index contributed by atoms with van der Waals surface area (Å²) in [5, 5.41) is 16.7. The van der Waals surface area contributed by atoms with E-state index in [0.717, 1.165) is 0 Å². The number of aromatic nitrogens is 2. The van der Waals surface area contributed by atoms with E-state index in [-0.39, 0.29) is 23.3 Å². The highest BCUT2D eigenvalue weighted by atomic mass is 16.6. The Bertz CT molecular complexity index is 676. The van der Waals surface area contributed by atoms with Crippen LogP contribution in [0.3, 0.4) is 0 Å². The van der Waals surface area contributed by atoms with E-state index in [9.17, 15) is 10.1 Å². The van der Waals surface area contributed by atoms with Gasteiger partial charge in [-0.2, -0.15) is 9.97 Å². The Balaban J connectivity index is 2.46. The van der Waals surface area contributed by atoms with Crippen LogP contribution < -0.4 is 21.1 Å². The van der Waals surface area contributed by atoms with Gasteiger partial charge in [0, 0.05) is 18.8 Å². The third-order valence-electron chi connectivity index (χ3n) is 2.65. The molecule has 0 aliphatic rings. The number of nitrogens with two attached hydrogens (primary N) is 1. The number of nitrogens with zero attached hydrogens (tertiary/aromatic N) is 3. The molecule has 2 aromatic rings. The molecule has 21 heavy (non-hydrogen) atoms. The summed E-state index contributed by atoms with van der Waals surface area (Å²) >= 11 is 0. The van der Waals surface area contributed by atoms with Crippen molar-refractivity contribution in [2.75, 3.05) is 30.5 Å². The number of nitro groups is 1. The molecule has 0 amide bonds. The topological polar surface area (TPSA) is 128 Å². The van der Waals surface area contributed by atoms with Gasteiger partial charge in [0.1, 0.15) is 5.75 Å². The van der Waals surface area contributed by atoms with Gasteiger partial charge in [-0.25, -0.2) is 0 Å². The van der Waals surface area contributed by atoms with Gasteiger partial charge in [-0.1, -0.05) is 6.07 Å². The Hall–Kier alpha value is -3.10.